The number of carbonyl (C=O) groups is 1. The van der Waals surface area contributed by atoms with Crippen LogP contribution in [0.3, 0.4) is 0 Å². The third-order valence-corrected chi connectivity index (χ3v) is 4.86. The Labute approximate surface area is 189 Å². The van der Waals surface area contributed by atoms with Crippen LogP contribution < -0.4 is 15.4 Å². The molecule has 0 saturated heterocycles. The molecule has 4 aromatic rings. The van der Waals surface area contributed by atoms with Crippen LogP contribution in [-0.2, 0) is 12.8 Å². The van der Waals surface area contributed by atoms with Crippen molar-refractivity contribution >= 4 is 40.0 Å². The zero-order valence-electron chi connectivity index (χ0n) is 16.6. The molecule has 0 aliphatic carbocycles. The van der Waals surface area contributed by atoms with Crippen molar-refractivity contribution in [2.75, 3.05) is 10.6 Å². The topological polar surface area (TPSA) is 79.0 Å². The number of H-pyrrole nitrogens is 1. The second kappa shape index (κ2) is 8.99. The fourth-order valence-corrected chi connectivity index (χ4v) is 3.30. The van der Waals surface area contributed by atoms with Crippen molar-refractivity contribution in [3.05, 3.63) is 82.6 Å². The summed E-state index contributed by atoms with van der Waals surface area (Å²) in [6.45, 7) is -0.434. The van der Waals surface area contributed by atoms with Crippen molar-refractivity contribution in [1.29, 1.82) is 0 Å². The maximum atomic E-state index is 13.3. The molecule has 0 aliphatic heterocycles. The molecular weight excluding hydrogens is 464 g/mol. The third-order valence-electron chi connectivity index (χ3n) is 4.62. The molecule has 11 heteroatoms. The Bertz CT molecular complexity index is 1320. The number of aromatic amines is 1. The average molecular weight is 479 g/mol. The number of urea groups is 1. The van der Waals surface area contributed by atoms with Gasteiger partial charge in [0.1, 0.15) is 18.2 Å². The summed E-state index contributed by atoms with van der Waals surface area (Å²) in [7, 11) is 0. The predicted molar refractivity (Wildman–Crippen MR) is 116 cm³/mol. The quantitative estimate of drug-likeness (QED) is 0.283. The molecule has 2 amide bonds. The van der Waals surface area contributed by atoms with E-state index in [1.165, 1.54) is 12.1 Å². The van der Waals surface area contributed by atoms with Crippen molar-refractivity contribution in [3.63, 3.8) is 0 Å². The average Bonchev–Trinajstić information content (AvgIpc) is 3.14. The molecule has 0 aliphatic rings. The van der Waals surface area contributed by atoms with Crippen molar-refractivity contribution in [1.82, 2.24) is 10.2 Å². The molecule has 0 fully saturated rings. The number of anilines is 2. The Kier molecular flexibility index (Phi) is 6.10. The van der Waals surface area contributed by atoms with E-state index in [9.17, 15) is 22.4 Å². The van der Waals surface area contributed by atoms with E-state index >= 15 is 0 Å². The number of benzene rings is 3. The summed E-state index contributed by atoms with van der Waals surface area (Å²) in [6, 6.07) is 13.1. The molecule has 1 aromatic heterocycles. The van der Waals surface area contributed by atoms with Crippen LogP contribution in [0.5, 0.6) is 5.75 Å². The molecule has 0 unspecified atom stereocenters. The van der Waals surface area contributed by atoms with Crippen LogP contribution in [0.25, 0.3) is 10.9 Å². The summed E-state index contributed by atoms with van der Waals surface area (Å²) in [4.78, 5) is 12.3. The first kappa shape index (κ1) is 22.4. The lowest BCUT2D eigenvalue weighted by molar-refractivity contribution is -0.138. The van der Waals surface area contributed by atoms with Crippen molar-refractivity contribution in [2.45, 2.75) is 12.8 Å². The van der Waals surface area contributed by atoms with Crippen LogP contribution in [0.4, 0.5) is 33.9 Å². The highest BCUT2D eigenvalue weighted by Crippen LogP contribution is 2.33. The number of aromatic nitrogens is 2. The minimum Gasteiger partial charge on any atom is -0.489 e. The molecule has 3 N–H and O–H groups in total. The standard InChI is InChI=1S/C22H15ClF4N4O2/c23-13-2-1-3-15(8-13)28-21(32)29-20-17-10-16(6-7-19(17)30-31-20)33-11-12-4-5-14(24)9-18(12)22(25,26)27/h1-10H,11H2,(H3,28,29,30,31,32). The SMILES string of the molecule is O=C(Nc1cccc(Cl)c1)Nc1n[nH]c2ccc(OCc3ccc(F)cc3C(F)(F)F)cc12. The van der Waals surface area contributed by atoms with Gasteiger partial charge in [-0.05, 0) is 48.5 Å². The third kappa shape index (κ3) is 5.35. The van der Waals surface area contributed by atoms with Crippen molar-refractivity contribution in [2.24, 2.45) is 0 Å². The van der Waals surface area contributed by atoms with Crippen LogP contribution in [0.2, 0.25) is 5.02 Å². The molecule has 1 heterocycles. The molecule has 33 heavy (non-hydrogen) atoms. The van der Waals surface area contributed by atoms with Gasteiger partial charge in [0.2, 0.25) is 0 Å². The van der Waals surface area contributed by atoms with E-state index in [4.69, 9.17) is 16.3 Å². The molecular formula is C22H15ClF4N4O2. The van der Waals surface area contributed by atoms with Crippen LogP contribution in [-0.4, -0.2) is 16.2 Å². The molecule has 170 valence electrons. The van der Waals surface area contributed by atoms with E-state index in [1.54, 1.807) is 30.3 Å². The summed E-state index contributed by atoms with van der Waals surface area (Å²) in [5.41, 5.74) is -0.274. The Balaban J connectivity index is 1.50. The van der Waals surface area contributed by atoms with E-state index in [0.717, 1.165) is 12.1 Å². The summed E-state index contributed by atoms with van der Waals surface area (Å²) in [5, 5.41) is 12.9. The smallest absolute Gasteiger partial charge is 0.416 e. The highest BCUT2D eigenvalue weighted by Gasteiger charge is 2.33. The van der Waals surface area contributed by atoms with E-state index in [2.05, 4.69) is 20.8 Å². The number of nitrogens with zero attached hydrogens (tertiary/aromatic N) is 1. The molecule has 3 aromatic carbocycles. The lowest BCUT2D eigenvalue weighted by atomic mass is 10.1. The fraction of sp³-hybridized carbons (Fsp3) is 0.0909. The molecule has 0 spiro atoms. The van der Waals surface area contributed by atoms with Gasteiger partial charge in [-0.1, -0.05) is 23.7 Å². The van der Waals surface area contributed by atoms with E-state index < -0.39 is 30.2 Å². The second-order valence-electron chi connectivity index (χ2n) is 6.96. The molecule has 6 nitrogen and oxygen atoms in total. The highest BCUT2D eigenvalue weighted by atomic mass is 35.5. The maximum Gasteiger partial charge on any atom is 0.416 e. The first-order valence-electron chi connectivity index (χ1n) is 9.49. The van der Waals surface area contributed by atoms with Crippen LogP contribution in [0.15, 0.2) is 60.7 Å². The number of fused-ring (bicyclic) bond motifs is 1. The van der Waals surface area contributed by atoms with Gasteiger partial charge >= 0.3 is 12.2 Å². The number of rotatable bonds is 5. The zero-order chi connectivity index (χ0) is 23.6. The maximum absolute atomic E-state index is 13.3. The number of alkyl halides is 3. The van der Waals surface area contributed by atoms with Crippen molar-refractivity contribution < 1.29 is 27.1 Å². The molecule has 0 bridgehead atoms. The molecule has 0 radical (unpaired) electrons. The largest absolute Gasteiger partial charge is 0.489 e. The highest BCUT2D eigenvalue weighted by molar-refractivity contribution is 6.30. The summed E-state index contributed by atoms with van der Waals surface area (Å²) in [6.07, 6.45) is -4.72. The number of ether oxygens (including phenoxy) is 1. The Morgan fingerprint density at radius 1 is 1.06 bits per heavy atom. The van der Waals surface area contributed by atoms with Crippen LogP contribution in [0.1, 0.15) is 11.1 Å². The van der Waals surface area contributed by atoms with Gasteiger partial charge in [0.05, 0.1) is 11.1 Å². The minimum atomic E-state index is -4.72. The van der Waals surface area contributed by atoms with Gasteiger partial charge in [-0.3, -0.25) is 10.4 Å². The predicted octanol–water partition coefficient (Wildman–Crippen LogP) is 6.60. The number of amides is 2. The molecule has 0 saturated carbocycles. The Morgan fingerprint density at radius 3 is 2.64 bits per heavy atom. The fourth-order valence-electron chi connectivity index (χ4n) is 3.11. The van der Waals surface area contributed by atoms with Gasteiger partial charge in [0.15, 0.2) is 5.82 Å². The second-order valence-corrected chi connectivity index (χ2v) is 7.39. The van der Waals surface area contributed by atoms with Crippen LogP contribution >= 0.6 is 11.6 Å². The van der Waals surface area contributed by atoms with E-state index in [1.807, 2.05) is 0 Å². The number of hydrogen-bond donors (Lipinski definition) is 3. The van der Waals surface area contributed by atoms with E-state index in [-0.39, 0.29) is 17.1 Å². The van der Waals surface area contributed by atoms with Gasteiger partial charge in [0.25, 0.3) is 0 Å². The monoisotopic (exact) mass is 478 g/mol. The Morgan fingerprint density at radius 2 is 1.88 bits per heavy atom. The number of carbonyl (C=O) groups excluding carboxylic acids is 1. The van der Waals surface area contributed by atoms with Gasteiger partial charge in [0, 0.05) is 21.7 Å². The zero-order valence-corrected chi connectivity index (χ0v) is 17.4. The van der Waals surface area contributed by atoms with Gasteiger partial charge in [-0.15, -0.1) is 0 Å². The number of nitrogens with one attached hydrogen (secondary N) is 3. The van der Waals surface area contributed by atoms with Gasteiger partial charge in [-0.2, -0.15) is 18.3 Å². The van der Waals surface area contributed by atoms with Gasteiger partial charge < -0.3 is 10.1 Å². The van der Waals surface area contributed by atoms with Crippen molar-refractivity contribution in [3.8, 4) is 5.75 Å². The lowest BCUT2D eigenvalue weighted by Crippen LogP contribution is -2.19. The van der Waals surface area contributed by atoms with Crippen LogP contribution in [0, 0.1) is 5.82 Å². The lowest BCUT2D eigenvalue weighted by Gasteiger charge is -2.14. The molecule has 0 atom stereocenters. The van der Waals surface area contributed by atoms with E-state index in [0.29, 0.717) is 27.7 Å². The number of hydrogen-bond acceptors (Lipinski definition) is 3. The molecule has 4 rings (SSSR count). The number of halogens is 5. The Hall–Kier alpha value is -3.79. The van der Waals surface area contributed by atoms with Gasteiger partial charge in [-0.25, -0.2) is 9.18 Å². The minimum absolute atomic E-state index is 0.188. The first-order chi connectivity index (χ1) is 15.7. The summed E-state index contributed by atoms with van der Waals surface area (Å²) in [5.74, 6) is -0.565. The normalized spacial score (nSPS) is 11.4. The first-order valence-corrected chi connectivity index (χ1v) is 9.87. The summed E-state index contributed by atoms with van der Waals surface area (Å²) >= 11 is 5.90. The summed E-state index contributed by atoms with van der Waals surface area (Å²) < 4.78 is 58.4.